The first-order chi connectivity index (χ1) is 9.35. The predicted octanol–water partition coefficient (Wildman–Crippen LogP) is -0.0718. The summed E-state index contributed by atoms with van der Waals surface area (Å²) in [7, 11) is 0.474. The van der Waals surface area contributed by atoms with Crippen molar-refractivity contribution in [1.82, 2.24) is 14.3 Å². The maximum atomic E-state index is 12.2. The Kier molecular flexibility index (Phi) is 3.53. The molecule has 0 unspecified atom stereocenters. The Labute approximate surface area is 115 Å². The van der Waals surface area contributed by atoms with Gasteiger partial charge in [-0.05, 0) is 12.1 Å². The molecule has 0 aliphatic carbocycles. The van der Waals surface area contributed by atoms with Crippen LogP contribution in [0.3, 0.4) is 0 Å². The fourth-order valence-corrected chi connectivity index (χ4v) is 2.66. The van der Waals surface area contributed by atoms with Crippen LogP contribution in [-0.4, -0.2) is 29.9 Å². The third-order valence-electron chi connectivity index (χ3n) is 2.70. The number of rotatable bonds is 4. The average Bonchev–Trinajstić information content (AvgIpc) is 2.66. The molecule has 0 saturated carbocycles. The molecule has 1 heterocycles. The Morgan fingerprint density at radius 1 is 1.30 bits per heavy atom. The summed E-state index contributed by atoms with van der Waals surface area (Å²) in [5.74, 6) is 0.364. The van der Waals surface area contributed by atoms with Gasteiger partial charge in [0.05, 0.1) is 12.0 Å². The second kappa shape index (κ2) is 5.00. The van der Waals surface area contributed by atoms with Gasteiger partial charge in [0.1, 0.15) is 5.75 Å². The highest BCUT2D eigenvalue weighted by molar-refractivity contribution is 7.92. The predicted molar refractivity (Wildman–Crippen MR) is 72.3 cm³/mol. The molecule has 0 amide bonds. The Hall–Kier alpha value is -2.29. The van der Waals surface area contributed by atoms with Crippen LogP contribution >= 0.6 is 0 Å². The highest BCUT2D eigenvalue weighted by Crippen LogP contribution is 2.18. The van der Waals surface area contributed by atoms with Gasteiger partial charge < -0.3 is 4.74 Å². The van der Waals surface area contributed by atoms with E-state index < -0.39 is 15.7 Å². The van der Waals surface area contributed by atoms with Gasteiger partial charge in [-0.2, -0.15) is 0 Å². The van der Waals surface area contributed by atoms with Crippen LogP contribution in [0.5, 0.6) is 5.75 Å². The van der Waals surface area contributed by atoms with Gasteiger partial charge in [-0.15, -0.1) is 5.10 Å². The summed E-state index contributed by atoms with van der Waals surface area (Å²) in [6.07, 6.45) is 0. The molecule has 0 bridgehead atoms. The van der Waals surface area contributed by atoms with E-state index in [4.69, 9.17) is 4.74 Å². The minimum absolute atomic E-state index is 0.0231. The first-order valence-electron chi connectivity index (χ1n) is 5.62. The highest BCUT2D eigenvalue weighted by Gasteiger charge is 2.19. The Balaban J connectivity index is 2.40. The number of ether oxygens (including phenoxy) is 1. The van der Waals surface area contributed by atoms with Crippen molar-refractivity contribution in [2.45, 2.75) is 4.90 Å². The molecule has 0 aliphatic heterocycles. The molecular formula is C11H14N4O4S. The molecule has 0 fully saturated rings. The topological polar surface area (TPSA) is 95.2 Å². The monoisotopic (exact) mass is 298 g/mol. The van der Waals surface area contributed by atoms with E-state index in [2.05, 4.69) is 9.82 Å². The number of nitrogens with zero attached hydrogens (tertiary/aromatic N) is 3. The van der Waals surface area contributed by atoms with E-state index in [1.807, 2.05) is 0 Å². The maximum Gasteiger partial charge on any atom is 0.346 e. The Morgan fingerprint density at radius 2 is 2.00 bits per heavy atom. The van der Waals surface area contributed by atoms with Crippen LogP contribution in [0.25, 0.3) is 0 Å². The van der Waals surface area contributed by atoms with E-state index in [0.717, 1.165) is 9.25 Å². The van der Waals surface area contributed by atoms with Crippen molar-refractivity contribution in [3.8, 4) is 5.75 Å². The standard InChI is InChI=1S/C11H14N4O4S/c1-14-10(12-15(2)11(14)16)13-20(17,18)9-6-4-5-8(7-9)19-3/h4-7H,1-3H3,(H,12,13). The van der Waals surface area contributed by atoms with E-state index in [1.165, 1.54) is 33.3 Å². The Bertz CT molecular complexity index is 791. The molecule has 8 nitrogen and oxygen atoms in total. The Morgan fingerprint density at radius 3 is 2.55 bits per heavy atom. The van der Waals surface area contributed by atoms with E-state index in [-0.39, 0.29) is 10.8 Å². The first kappa shape index (κ1) is 14.1. The molecular weight excluding hydrogens is 284 g/mol. The van der Waals surface area contributed by atoms with Gasteiger partial charge in [-0.1, -0.05) is 6.07 Å². The molecule has 108 valence electrons. The van der Waals surface area contributed by atoms with Crippen molar-refractivity contribution in [3.63, 3.8) is 0 Å². The van der Waals surface area contributed by atoms with Gasteiger partial charge >= 0.3 is 5.69 Å². The number of anilines is 1. The lowest BCUT2D eigenvalue weighted by atomic mass is 10.3. The molecule has 2 aromatic rings. The summed E-state index contributed by atoms with van der Waals surface area (Å²) in [4.78, 5) is 11.5. The molecule has 1 N–H and O–H groups in total. The van der Waals surface area contributed by atoms with Crippen molar-refractivity contribution in [3.05, 3.63) is 34.7 Å². The van der Waals surface area contributed by atoms with E-state index in [0.29, 0.717) is 5.75 Å². The van der Waals surface area contributed by atoms with Crippen molar-refractivity contribution in [2.24, 2.45) is 14.1 Å². The molecule has 1 aromatic heterocycles. The second-order valence-electron chi connectivity index (χ2n) is 4.07. The molecule has 0 spiro atoms. The minimum Gasteiger partial charge on any atom is -0.497 e. The largest absolute Gasteiger partial charge is 0.497 e. The van der Waals surface area contributed by atoms with Gasteiger partial charge in [-0.25, -0.2) is 22.6 Å². The van der Waals surface area contributed by atoms with Crippen molar-refractivity contribution in [2.75, 3.05) is 11.8 Å². The van der Waals surface area contributed by atoms with Gasteiger partial charge in [0.25, 0.3) is 10.0 Å². The molecule has 0 saturated heterocycles. The zero-order valence-electron chi connectivity index (χ0n) is 11.2. The minimum atomic E-state index is -3.84. The number of aryl methyl sites for hydroxylation is 1. The molecule has 0 radical (unpaired) electrons. The normalized spacial score (nSPS) is 11.3. The molecule has 2 rings (SSSR count). The van der Waals surface area contributed by atoms with Crippen molar-refractivity contribution >= 4 is 16.0 Å². The lowest BCUT2D eigenvalue weighted by Gasteiger charge is -2.07. The molecule has 1 aromatic carbocycles. The second-order valence-corrected chi connectivity index (χ2v) is 5.76. The van der Waals surface area contributed by atoms with E-state index in [9.17, 15) is 13.2 Å². The summed E-state index contributed by atoms with van der Waals surface area (Å²) in [6.45, 7) is 0. The zero-order chi connectivity index (χ0) is 14.9. The molecule has 9 heteroatoms. The van der Waals surface area contributed by atoms with Crippen LogP contribution in [-0.2, 0) is 24.1 Å². The average molecular weight is 298 g/mol. The van der Waals surface area contributed by atoms with Gasteiger partial charge in [0.15, 0.2) is 0 Å². The van der Waals surface area contributed by atoms with Crippen LogP contribution in [0.2, 0.25) is 0 Å². The SMILES string of the molecule is COc1cccc(S(=O)(=O)Nc2nn(C)c(=O)n2C)c1. The number of nitrogens with one attached hydrogen (secondary N) is 1. The van der Waals surface area contributed by atoms with Crippen LogP contribution in [0.1, 0.15) is 0 Å². The number of sulfonamides is 1. The maximum absolute atomic E-state index is 12.2. The van der Waals surface area contributed by atoms with Gasteiger partial charge in [-0.3, -0.25) is 4.57 Å². The number of hydrogen-bond donors (Lipinski definition) is 1. The number of methoxy groups -OCH3 is 1. The third-order valence-corrected chi connectivity index (χ3v) is 4.03. The molecule has 0 aliphatic rings. The first-order valence-corrected chi connectivity index (χ1v) is 7.10. The lowest BCUT2D eigenvalue weighted by Crippen LogP contribution is -2.22. The highest BCUT2D eigenvalue weighted by atomic mass is 32.2. The van der Waals surface area contributed by atoms with Crippen LogP contribution < -0.4 is 15.1 Å². The van der Waals surface area contributed by atoms with Gasteiger partial charge in [0.2, 0.25) is 5.95 Å². The fourth-order valence-electron chi connectivity index (χ4n) is 1.60. The van der Waals surface area contributed by atoms with Crippen LogP contribution in [0.4, 0.5) is 5.95 Å². The van der Waals surface area contributed by atoms with E-state index >= 15 is 0 Å². The smallest absolute Gasteiger partial charge is 0.346 e. The van der Waals surface area contributed by atoms with Crippen molar-refractivity contribution < 1.29 is 13.2 Å². The quantitative estimate of drug-likeness (QED) is 0.852. The molecule has 20 heavy (non-hydrogen) atoms. The number of aromatic nitrogens is 3. The summed E-state index contributed by atoms with van der Waals surface area (Å²) >= 11 is 0. The summed E-state index contributed by atoms with van der Waals surface area (Å²) in [6, 6.07) is 6.00. The van der Waals surface area contributed by atoms with Crippen molar-refractivity contribution in [1.29, 1.82) is 0 Å². The summed E-state index contributed by atoms with van der Waals surface area (Å²) in [5, 5.41) is 3.81. The molecule has 0 atom stereocenters. The third kappa shape index (κ3) is 2.52. The lowest BCUT2D eigenvalue weighted by molar-refractivity contribution is 0.413. The zero-order valence-corrected chi connectivity index (χ0v) is 12.0. The van der Waals surface area contributed by atoms with E-state index in [1.54, 1.807) is 12.1 Å². The van der Waals surface area contributed by atoms with Crippen LogP contribution in [0.15, 0.2) is 34.0 Å². The summed E-state index contributed by atoms with van der Waals surface area (Å²) < 4.78 is 33.8. The summed E-state index contributed by atoms with van der Waals surface area (Å²) in [5.41, 5.74) is -0.423. The number of hydrogen-bond acceptors (Lipinski definition) is 5. The number of benzene rings is 1. The van der Waals surface area contributed by atoms with Crippen LogP contribution in [0, 0.1) is 0 Å². The van der Waals surface area contributed by atoms with Gasteiger partial charge in [0, 0.05) is 20.2 Å². The fraction of sp³-hybridized carbons (Fsp3) is 0.273.